The molecule has 0 unspecified atom stereocenters. The predicted molar refractivity (Wildman–Crippen MR) is 91.8 cm³/mol. The van der Waals surface area contributed by atoms with Crippen LogP contribution in [0.1, 0.15) is 53.4 Å². The van der Waals surface area contributed by atoms with Crippen molar-refractivity contribution in [3.05, 3.63) is 24.0 Å². The van der Waals surface area contributed by atoms with Crippen LogP contribution in [0.4, 0.5) is 10.1 Å². The zero-order valence-electron chi connectivity index (χ0n) is 14.5. The Morgan fingerprint density at radius 1 is 1.13 bits per heavy atom. The molecule has 1 N–H and O–H groups in total. The maximum absolute atomic E-state index is 14.1. The van der Waals surface area contributed by atoms with Gasteiger partial charge in [0.15, 0.2) is 0 Å². The lowest BCUT2D eigenvalue weighted by molar-refractivity contribution is -0.0893. The largest absolute Gasteiger partial charge is 0.427 e. The Kier molecular flexibility index (Phi) is 4.22. The molecule has 125 valence electrons. The third-order valence-electron chi connectivity index (χ3n) is 5.68. The minimum Gasteiger partial charge on any atom is -0.427 e. The van der Waals surface area contributed by atoms with Crippen LogP contribution in [0.2, 0.25) is 0 Å². The second kappa shape index (κ2) is 5.78. The third-order valence-corrected chi connectivity index (χ3v) is 5.68. The monoisotopic (exact) mass is 318 g/mol. The topological polar surface area (TPSA) is 32.7 Å². The van der Waals surface area contributed by atoms with Gasteiger partial charge in [0.1, 0.15) is 5.82 Å². The van der Waals surface area contributed by atoms with Gasteiger partial charge in [-0.1, -0.05) is 0 Å². The first kappa shape index (κ1) is 16.8. The molecule has 2 aliphatic heterocycles. The number of aliphatic hydroxyl groups is 1. The molecule has 0 saturated carbocycles. The van der Waals surface area contributed by atoms with Crippen LogP contribution in [0, 0.1) is 5.82 Å². The summed E-state index contributed by atoms with van der Waals surface area (Å²) in [4.78, 5) is 2.44. The van der Waals surface area contributed by atoms with E-state index in [1.54, 1.807) is 27.7 Å². The van der Waals surface area contributed by atoms with Crippen LogP contribution in [0.5, 0.6) is 0 Å². The fourth-order valence-electron chi connectivity index (χ4n) is 3.47. The average Bonchev–Trinajstić information content (AvgIpc) is 3.05. The molecule has 5 heteroatoms. The van der Waals surface area contributed by atoms with E-state index in [1.165, 1.54) is 39.2 Å². The van der Waals surface area contributed by atoms with Gasteiger partial charge in [-0.15, -0.1) is 0 Å². The van der Waals surface area contributed by atoms with Crippen molar-refractivity contribution in [2.45, 2.75) is 76.7 Å². The van der Waals surface area contributed by atoms with Gasteiger partial charge >= 0.3 is 7.48 Å². The fourth-order valence-corrected chi connectivity index (χ4v) is 3.47. The van der Waals surface area contributed by atoms with Crippen LogP contribution in [0.15, 0.2) is 18.2 Å². The molecule has 1 aromatic rings. The summed E-state index contributed by atoms with van der Waals surface area (Å²) >= 11 is 0. The Labute approximate surface area is 139 Å². The molecule has 23 heavy (non-hydrogen) atoms. The highest BCUT2D eigenvalue weighted by atomic mass is 19.1. The Bertz CT molecular complexity index is 565. The van der Waals surface area contributed by atoms with Crippen molar-refractivity contribution >= 4 is 18.6 Å². The van der Waals surface area contributed by atoms with Crippen molar-refractivity contribution in [3.8, 4) is 0 Å². The van der Waals surface area contributed by atoms with E-state index in [0.717, 1.165) is 5.69 Å². The Hall–Kier alpha value is -1.07. The molecule has 3 nitrogen and oxygen atoms in total. The van der Waals surface area contributed by atoms with Gasteiger partial charge in [0, 0.05) is 17.8 Å². The van der Waals surface area contributed by atoms with Crippen LogP contribution >= 0.6 is 0 Å². The number of nitrogens with zero attached hydrogens (tertiary/aromatic N) is 1. The molecule has 1 radical (unpaired) electrons. The lowest BCUT2D eigenvalue weighted by Gasteiger charge is -2.37. The van der Waals surface area contributed by atoms with Crippen LogP contribution in [-0.4, -0.2) is 35.9 Å². The number of halogens is 1. The van der Waals surface area contributed by atoms with E-state index in [4.69, 9.17) is 4.65 Å². The van der Waals surface area contributed by atoms with Crippen molar-refractivity contribution in [2.75, 3.05) is 4.90 Å². The molecule has 2 aliphatic rings. The maximum atomic E-state index is 14.1. The molecule has 3 rings (SSSR count). The van der Waals surface area contributed by atoms with E-state index in [2.05, 4.69) is 4.90 Å². The lowest BCUT2D eigenvalue weighted by Crippen LogP contribution is -2.49. The number of rotatable bonds is 5. The smallest absolute Gasteiger partial charge is 0.334 e. The molecule has 1 aromatic carbocycles. The summed E-state index contributed by atoms with van der Waals surface area (Å²) < 4.78 is 19.9. The second-order valence-corrected chi connectivity index (χ2v) is 7.88. The van der Waals surface area contributed by atoms with Gasteiger partial charge in [-0.05, 0) is 77.0 Å². The molecule has 2 fully saturated rings. The third kappa shape index (κ3) is 3.13. The zero-order valence-corrected chi connectivity index (χ0v) is 14.5. The summed E-state index contributed by atoms with van der Waals surface area (Å²) in [5.74, 6) is -0.299. The number of anilines is 1. The van der Waals surface area contributed by atoms with Gasteiger partial charge in [0.05, 0.1) is 11.2 Å². The van der Waals surface area contributed by atoms with Crippen molar-refractivity contribution in [1.29, 1.82) is 0 Å². The van der Waals surface area contributed by atoms with E-state index in [1.807, 2.05) is 12.1 Å². The molecular weight excluding hydrogens is 292 g/mol. The Balaban J connectivity index is 1.77. The van der Waals surface area contributed by atoms with Gasteiger partial charge in [0.25, 0.3) is 0 Å². The summed E-state index contributed by atoms with van der Waals surface area (Å²) in [6.45, 7) is 6.98. The highest BCUT2D eigenvalue weighted by Crippen LogP contribution is 2.40. The van der Waals surface area contributed by atoms with Crippen molar-refractivity contribution in [3.63, 3.8) is 0 Å². The summed E-state index contributed by atoms with van der Waals surface area (Å²) in [7, 11) is 1.44. The zero-order chi connectivity index (χ0) is 16.8. The molecule has 0 amide bonds. The molecule has 2 heterocycles. The number of benzene rings is 1. The standard InChI is InChI=1S/C18H26BFNO2/c1-17(2,22)18(3,4)23-19-15-11-14(9-10-16(15)20)21-12-5-6-13(21)8-7-12/h9-13,22H,5-8H2,1-4H3. The lowest BCUT2D eigenvalue weighted by atomic mass is 9.82. The average molecular weight is 318 g/mol. The van der Waals surface area contributed by atoms with Crippen LogP contribution < -0.4 is 10.4 Å². The summed E-state index contributed by atoms with van der Waals surface area (Å²) in [5, 5.41) is 10.2. The minimum absolute atomic E-state index is 0.299. The number of hydrogen-bond donors (Lipinski definition) is 1. The first-order valence-corrected chi connectivity index (χ1v) is 8.50. The summed E-state index contributed by atoms with van der Waals surface area (Å²) in [6.07, 6.45) is 4.96. The molecule has 2 saturated heterocycles. The molecule has 2 bridgehead atoms. The van der Waals surface area contributed by atoms with Gasteiger partial charge in [0.2, 0.25) is 0 Å². The number of fused-ring (bicyclic) bond motifs is 2. The molecule has 0 aromatic heterocycles. The molecule has 0 spiro atoms. The van der Waals surface area contributed by atoms with Crippen LogP contribution in [0.25, 0.3) is 0 Å². The minimum atomic E-state index is -1.02. The maximum Gasteiger partial charge on any atom is 0.334 e. The quantitative estimate of drug-likeness (QED) is 0.848. The van der Waals surface area contributed by atoms with Gasteiger partial charge in [-0.2, -0.15) is 0 Å². The van der Waals surface area contributed by atoms with E-state index < -0.39 is 11.2 Å². The first-order valence-electron chi connectivity index (χ1n) is 8.50. The van der Waals surface area contributed by atoms with Crippen molar-refractivity contribution < 1.29 is 14.2 Å². The highest BCUT2D eigenvalue weighted by molar-refractivity contribution is 6.47. The predicted octanol–water partition coefficient (Wildman–Crippen LogP) is 2.77. The summed E-state index contributed by atoms with van der Waals surface area (Å²) in [5.41, 5.74) is -0.313. The highest BCUT2D eigenvalue weighted by Gasteiger charge is 2.40. The number of hydrogen-bond acceptors (Lipinski definition) is 3. The van der Waals surface area contributed by atoms with Gasteiger partial charge in [-0.25, -0.2) is 4.39 Å². The summed E-state index contributed by atoms with van der Waals surface area (Å²) in [6, 6.07) is 6.45. The van der Waals surface area contributed by atoms with Gasteiger partial charge < -0.3 is 14.7 Å². The van der Waals surface area contributed by atoms with Crippen molar-refractivity contribution in [1.82, 2.24) is 0 Å². The van der Waals surface area contributed by atoms with Crippen LogP contribution in [-0.2, 0) is 4.65 Å². The van der Waals surface area contributed by atoms with Crippen LogP contribution in [0.3, 0.4) is 0 Å². The Morgan fingerprint density at radius 3 is 2.22 bits per heavy atom. The van der Waals surface area contributed by atoms with E-state index in [0.29, 0.717) is 17.5 Å². The molecular formula is C18H26BFNO2. The van der Waals surface area contributed by atoms with E-state index in [9.17, 15) is 9.50 Å². The van der Waals surface area contributed by atoms with Gasteiger partial charge in [-0.3, -0.25) is 0 Å². The van der Waals surface area contributed by atoms with E-state index >= 15 is 0 Å². The molecule has 0 aliphatic carbocycles. The Morgan fingerprint density at radius 2 is 1.70 bits per heavy atom. The fraction of sp³-hybridized carbons (Fsp3) is 0.667. The normalized spacial score (nSPS) is 24.3. The second-order valence-electron chi connectivity index (χ2n) is 7.88. The first-order chi connectivity index (χ1) is 10.7. The molecule has 0 atom stereocenters. The SMILES string of the molecule is CC(C)(O)C(C)(C)O[B]c1cc(N2C3CCC2CC3)ccc1F. The van der Waals surface area contributed by atoms with Crippen molar-refractivity contribution in [2.24, 2.45) is 0 Å². The van der Waals surface area contributed by atoms with E-state index in [-0.39, 0.29) is 5.82 Å².